The minimum atomic E-state index is -0.408. The van der Waals surface area contributed by atoms with Gasteiger partial charge in [0.2, 0.25) is 5.91 Å². The molecular weight excluding hydrogens is 276 g/mol. The Kier molecular flexibility index (Phi) is 4.63. The van der Waals surface area contributed by atoms with Crippen LogP contribution in [0.3, 0.4) is 0 Å². The average Bonchev–Trinajstić information content (AvgIpc) is 2.78. The number of nitrogens with two attached hydrogens (primary N) is 1. The molecule has 0 aliphatic heterocycles. The second-order valence-electron chi connectivity index (χ2n) is 4.77. The third kappa shape index (κ3) is 4.28. The summed E-state index contributed by atoms with van der Waals surface area (Å²) in [5.41, 5.74) is 7.19. The molecule has 1 aromatic heterocycles. The first-order valence-corrected chi connectivity index (χ1v) is 6.72. The van der Waals surface area contributed by atoms with Gasteiger partial charge in [0.1, 0.15) is 6.54 Å². The maximum atomic E-state index is 10.8. The van der Waals surface area contributed by atoms with Crippen molar-refractivity contribution >= 4 is 23.2 Å². The summed E-state index contributed by atoms with van der Waals surface area (Å²) in [6.07, 6.45) is 4.32. The average molecular weight is 293 g/mol. The molecule has 0 aliphatic carbocycles. The Balaban J connectivity index is 1.90. The van der Waals surface area contributed by atoms with Gasteiger partial charge in [-0.2, -0.15) is 5.10 Å². The van der Waals surface area contributed by atoms with Gasteiger partial charge in [0.05, 0.1) is 11.9 Å². The number of primary amides is 1. The number of carbonyl (C=O) groups is 1. The monoisotopic (exact) mass is 292 g/mol. The van der Waals surface area contributed by atoms with E-state index in [9.17, 15) is 4.79 Å². The number of benzene rings is 1. The molecule has 6 heteroatoms. The summed E-state index contributed by atoms with van der Waals surface area (Å²) in [5, 5.41) is 8.13. The van der Waals surface area contributed by atoms with Crippen LogP contribution in [0.25, 0.3) is 0 Å². The zero-order chi connectivity index (χ0) is 14.5. The normalized spacial score (nSPS) is 12.1. The minimum Gasteiger partial charge on any atom is -0.380 e. The van der Waals surface area contributed by atoms with Gasteiger partial charge in [0.25, 0.3) is 0 Å². The molecule has 1 atom stereocenters. The van der Waals surface area contributed by atoms with Crippen LogP contribution in [0.4, 0.5) is 5.69 Å². The van der Waals surface area contributed by atoms with Crippen LogP contribution in [0, 0.1) is 0 Å². The summed E-state index contributed by atoms with van der Waals surface area (Å²) in [5.74, 6) is -0.408. The summed E-state index contributed by atoms with van der Waals surface area (Å²) in [6, 6.07) is 8.03. The highest BCUT2D eigenvalue weighted by atomic mass is 35.5. The zero-order valence-electron chi connectivity index (χ0n) is 11.2. The van der Waals surface area contributed by atoms with Gasteiger partial charge in [-0.25, -0.2) is 0 Å². The fourth-order valence-electron chi connectivity index (χ4n) is 1.99. The number of hydrogen-bond acceptors (Lipinski definition) is 3. The van der Waals surface area contributed by atoms with Crippen molar-refractivity contribution in [2.75, 3.05) is 5.32 Å². The van der Waals surface area contributed by atoms with E-state index in [1.165, 1.54) is 10.2 Å². The van der Waals surface area contributed by atoms with E-state index in [-0.39, 0.29) is 12.6 Å². The number of amides is 1. The molecule has 0 aliphatic rings. The third-order valence-corrected chi connectivity index (χ3v) is 3.07. The topological polar surface area (TPSA) is 72.9 Å². The van der Waals surface area contributed by atoms with Crippen molar-refractivity contribution in [2.45, 2.75) is 25.9 Å². The molecule has 2 aromatic rings. The number of carbonyl (C=O) groups excluding carboxylic acids is 1. The first-order valence-electron chi connectivity index (χ1n) is 6.34. The van der Waals surface area contributed by atoms with Crippen molar-refractivity contribution in [2.24, 2.45) is 5.73 Å². The van der Waals surface area contributed by atoms with Gasteiger partial charge in [-0.05, 0) is 31.0 Å². The van der Waals surface area contributed by atoms with E-state index in [4.69, 9.17) is 17.3 Å². The van der Waals surface area contributed by atoms with Crippen LogP contribution in [-0.2, 0) is 17.8 Å². The minimum absolute atomic E-state index is 0.0905. The Morgan fingerprint density at radius 2 is 2.15 bits per heavy atom. The Morgan fingerprint density at radius 1 is 1.45 bits per heavy atom. The summed E-state index contributed by atoms with van der Waals surface area (Å²) >= 11 is 5.86. The van der Waals surface area contributed by atoms with Crippen LogP contribution >= 0.6 is 11.6 Å². The Morgan fingerprint density at radius 3 is 2.80 bits per heavy atom. The first kappa shape index (κ1) is 14.4. The van der Waals surface area contributed by atoms with Crippen LogP contribution in [0.2, 0.25) is 5.02 Å². The number of anilines is 1. The summed E-state index contributed by atoms with van der Waals surface area (Å²) < 4.78 is 1.51. The summed E-state index contributed by atoms with van der Waals surface area (Å²) in [6.45, 7) is 2.17. The molecule has 0 bridgehead atoms. The van der Waals surface area contributed by atoms with E-state index in [0.29, 0.717) is 0 Å². The molecule has 2 rings (SSSR count). The molecule has 0 spiro atoms. The van der Waals surface area contributed by atoms with Crippen LogP contribution < -0.4 is 11.1 Å². The molecule has 5 nitrogen and oxygen atoms in total. The smallest absolute Gasteiger partial charge is 0.239 e. The van der Waals surface area contributed by atoms with Crippen LogP contribution in [0.15, 0.2) is 36.7 Å². The van der Waals surface area contributed by atoms with Crippen molar-refractivity contribution in [1.82, 2.24) is 9.78 Å². The zero-order valence-corrected chi connectivity index (χ0v) is 12.0. The molecule has 0 saturated carbocycles. The maximum absolute atomic E-state index is 10.8. The lowest BCUT2D eigenvalue weighted by molar-refractivity contribution is -0.118. The molecular formula is C14H17ClN4O. The molecule has 1 aromatic carbocycles. The van der Waals surface area contributed by atoms with Gasteiger partial charge in [0, 0.05) is 17.3 Å². The van der Waals surface area contributed by atoms with E-state index >= 15 is 0 Å². The number of aromatic nitrogens is 2. The molecule has 1 heterocycles. The van der Waals surface area contributed by atoms with Gasteiger partial charge in [-0.3, -0.25) is 9.48 Å². The van der Waals surface area contributed by atoms with E-state index in [1.54, 1.807) is 12.4 Å². The van der Waals surface area contributed by atoms with Gasteiger partial charge >= 0.3 is 0 Å². The number of nitrogens with one attached hydrogen (secondary N) is 1. The second kappa shape index (κ2) is 6.43. The first-order chi connectivity index (χ1) is 9.52. The van der Waals surface area contributed by atoms with Crippen LogP contribution in [0.1, 0.15) is 12.5 Å². The highest BCUT2D eigenvalue weighted by Gasteiger charge is 2.06. The molecule has 106 valence electrons. The number of halogens is 1. The van der Waals surface area contributed by atoms with Gasteiger partial charge in [-0.1, -0.05) is 23.7 Å². The second-order valence-corrected chi connectivity index (χ2v) is 5.21. The van der Waals surface area contributed by atoms with Crippen molar-refractivity contribution in [3.63, 3.8) is 0 Å². The lowest BCUT2D eigenvalue weighted by atomic mass is 10.1. The Bertz CT molecular complexity index is 579. The molecule has 0 saturated heterocycles. The lowest BCUT2D eigenvalue weighted by Gasteiger charge is -2.13. The largest absolute Gasteiger partial charge is 0.380 e. The number of rotatable bonds is 6. The lowest BCUT2D eigenvalue weighted by Crippen LogP contribution is -2.19. The van der Waals surface area contributed by atoms with Crippen molar-refractivity contribution < 1.29 is 4.79 Å². The molecule has 20 heavy (non-hydrogen) atoms. The molecule has 0 fully saturated rings. The molecule has 0 radical (unpaired) electrons. The predicted octanol–water partition coefficient (Wildman–Crippen LogP) is 2.06. The maximum Gasteiger partial charge on any atom is 0.239 e. The predicted molar refractivity (Wildman–Crippen MR) is 79.7 cm³/mol. The van der Waals surface area contributed by atoms with E-state index in [1.807, 2.05) is 24.3 Å². The Hall–Kier alpha value is -2.01. The molecule has 1 unspecified atom stereocenters. The van der Waals surface area contributed by atoms with Crippen LogP contribution in [-0.4, -0.2) is 21.7 Å². The van der Waals surface area contributed by atoms with E-state index < -0.39 is 5.91 Å². The molecule has 3 N–H and O–H groups in total. The number of hydrogen-bond donors (Lipinski definition) is 2. The van der Waals surface area contributed by atoms with Crippen molar-refractivity contribution in [3.8, 4) is 0 Å². The van der Waals surface area contributed by atoms with Crippen molar-refractivity contribution in [1.29, 1.82) is 0 Å². The summed E-state index contributed by atoms with van der Waals surface area (Å²) in [7, 11) is 0. The fourth-order valence-corrected chi connectivity index (χ4v) is 2.12. The highest BCUT2D eigenvalue weighted by molar-refractivity contribution is 6.30. The van der Waals surface area contributed by atoms with Gasteiger partial charge in [0.15, 0.2) is 0 Å². The standard InChI is InChI=1S/C14H17ClN4O/c1-10(6-11-2-4-12(15)5-3-11)18-13-7-17-19(8-13)9-14(16)20/h2-5,7-8,10,18H,6,9H2,1H3,(H2,16,20). The number of nitrogens with zero attached hydrogens (tertiary/aromatic N) is 2. The van der Waals surface area contributed by atoms with Gasteiger partial charge < -0.3 is 11.1 Å². The molecule has 1 amide bonds. The van der Waals surface area contributed by atoms with Crippen molar-refractivity contribution in [3.05, 3.63) is 47.2 Å². The quantitative estimate of drug-likeness (QED) is 0.856. The fraction of sp³-hybridized carbons (Fsp3) is 0.286. The highest BCUT2D eigenvalue weighted by Crippen LogP contribution is 2.13. The third-order valence-electron chi connectivity index (χ3n) is 2.82. The van der Waals surface area contributed by atoms with E-state index in [2.05, 4.69) is 17.3 Å². The van der Waals surface area contributed by atoms with Crippen LogP contribution in [0.5, 0.6) is 0 Å². The summed E-state index contributed by atoms with van der Waals surface area (Å²) in [4.78, 5) is 10.8. The SMILES string of the molecule is CC(Cc1ccc(Cl)cc1)Nc1cnn(CC(N)=O)c1. The van der Waals surface area contributed by atoms with E-state index in [0.717, 1.165) is 17.1 Å². The van der Waals surface area contributed by atoms with Gasteiger partial charge in [-0.15, -0.1) is 0 Å². The Labute approximate surface area is 122 Å².